The first-order valence-corrected chi connectivity index (χ1v) is 8.88. The van der Waals surface area contributed by atoms with E-state index in [1.54, 1.807) is 0 Å². The second-order valence-corrected chi connectivity index (χ2v) is 6.50. The molecule has 0 bridgehead atoms. The highest BCUT2D eigenvalue weighted by Crippen LogP contribution is 2.11. The normalized spacial score (nSPS) is 20.5. The quantitative estimate of drug-likeness (QED) is 0.609. The second-order valence-electron chi connectivity index (χ2n) is 6.50. The molecule has 4 heteroatoms. The van der Waals surface area contributed by atoms with Crippen molar-refractivity contribution in [1.29, 1.82) is 0 Å². The van der Waals surface area contributed by atoms with Crippen LogP contribution in [0.25, 0.3) is 0 Å². The summed E-state index contributed by atoms with van der Waals surface area (Å²) in [6.45, 7) is 11.3. The predicted octanol–water partition coefficient (Wildman–Crippen LogP) is 2.39. The highest BCUT2D eigenvalue weighted by Gasteiger charge is 2.18. The van der Waals surface area contributed by atoms with Crippen LogP contribution in [-0.4, -0.2) is 49.6 Å². The average molecular weight is 297 g/mol. The van der Waals surface area contributed by atoms with Gasteiger partial charge in [-0.1, -0.05) is 33.1 Å². The van der Waals surface area contributed by atoms with Crippen molar-refractivity contribution in [3.63, 3.8) is 0 Å². The van der Waals surface area contributed by atoms with E-state index < -0.39 is 0 Å². The molecule has 1 rings (SSSR count). The number of unbranched alkanes of at least 4 members (excludes halogenated alkanes) is 2. The molecule has 1 fully saturated rings. The number of hydrogen-bond donors (Lipinski definition) is 2. The third-order valence-corrected chi connectivity index (χ3v) is 4.38. The summed E-state index contributed by atoms with van der Waals surface area (Å²) in [6.07, 6.45) is 7.36. The Bertz CT molecular complexity index is 277. The molecule has 1 heterocycles. The second kappa shape index (κ2) is 11.0. The van der Waals surface area contributed by atoms with Gasteiger partial charge in [0.05, 0.1) is 6.54 Å². The maximum absolute atomic E-state index is 12.1. The number of carbonyl (C=O) groups excluding carboxylic acids is 1. The largest absolute Gasteiger partial charge is 0.353 e. The molecule has 2 unspecified atom stereocenters. The van der Waals surface area contributed by atoms with E-state index in [2.05, 4.69) is 36.3 Å². The third kappa shape index (κ3) is 8.42. The number of likely N-dealkylation sites (N-methyl/N-ethyl adjacent to an activating group) is 1. The molecule has 0 aromatic carbocycles. The van der Waals surface area contributed by atoms with Crippen molar-refractivity contribution in [2.75, 3.05) is 32.7 Å². The van der Waals surface area contributed by atoms with Crippen molar-refractivity contribution in [3.8, 4) is 0 Å². The van der Waals surface area contributed by atoms with Gasteiger partial charge in [-0.2, -0.15) is 0 Å². The lowest BCUT2D eigenvalue weighted by molar-refractivity contribution is -0.123. The molecule has 0 spiro atoms. The maximum atomic E-state index is 12.1. The molecule has 1 saturated heterocycles. The lowest BCUT2D eigenvalue weighted by Gasteiger charge is -2.29. The van der Waals surface area contributed by atoms with Crippen LogP contribution in [0.4, 0.5) is 0 Å². The van der Waals surface area contributed by atoms with Crippen LogP contribution in [0.2, 0.25) is 0 Å². The zero-order valence-corrected chi connectivity index (χ0v) is 14.3. The van der Waals surface area contributed by atoms with E-state index in [0.29, 0.717) is 18.5 Å². The minimum atomic E-state index is 0.185. The monoisotopic (exact) mass is 297 g/mol. The summed E-state index contributed by atoms with van der Waals surface area (Å²) in [6, 6.07) is 0.305. The Balaban J connectivity index is 2.22. The standard InChI is InChI=1S/C17H35N3O/c1-4-6-7-9-15(3)19-17(21)14-20(5-2)13-16-10-8-11-18-12-16/h15-16,18H,4-14H2,1-3H3,(H,19,21). The molecule has 0 aromatic rings. The molecular formula is C17H35N3O. The molecule has 2 atom stereocenters. The predicted molar refractivity (Wildman–Crippen MR) is 89.5 cm³/mol. The molecule has 1 aliphatic heterocycles. The van der Waals surface area contributed by atoms with Crippen molar-refractivity contribution < 1.29 is 4.79 Å². The van der Waals surface area contributed by atoms with Gasteiger partial charge in [-0.15, -0.1) is 0 Å². The number of carbonyl (C=O) groups is 1. The number of hydrogen-bond acceptors (Lipinski definition) is 3. The van der Waals surface area contributed by atoms with Crippen LogP contribution in [-0.2, 0) is 4.79 Å². The summed E-state index contributed by atoms with van der Waals surface area (Å²) >= 11 is 0. The van der Waals surface area contributed by atoms with Crippen molar-refractivity contribution >= 4 is 5.91 Å². The molecule has 21 heavy (non-hydrogen) atoms. The van der Waals surface area contributed by atoms with Crippen LogP contribution in [0.3, 0.4) is 0 Å². The van der Waals surface area contributed by atoms with E-state index >= 15 is 0 Å². The minimum Gasteiger partial charge on any atom is -0.353 e. The SMILES string of the molecule is CCCCCC(C)NC(=O)CN(CC)CC1CCCNC1. The lowest BCUT2D eigenvalue weighted by atomic mass is 9.99. The summed E-state index contributed by atoms with van der Waals surface area (Å²) in [4.78, 5) is 14.4. The molecule has 0 aromatic heterocycles. The van der Waals surface area contributed by atoms with Gasteiger partial charge >= 0.3 is 0 Å². The highest BCUT2D eigenvalue weighted by molar-refractivity contribution is 5.78. The topological polar surface area (TPSA) is 44.4 Å². The molecule has 0 aliphatic carbocycles. The van der Waals surface area contributed by atoms with E-state index in [9.17, 15) is 4.79 Å². The highest BCUT2D eigenvalue weighted by atomic mass is 16.2. The van der Waals surface area contributed by atoms with Crippen LogP contribution in [0.5, 0.6) is 0 Å². The van der Waals surface area contributed by atoms with E-state index in [1.165, 1.54) is 32.1 Å². The van der Waals surface area contributed by atoms with Gasteiger partial charge < -0.3 is 10.6 Å². The van der Waals surface area contributed by atoms with Crippen molar-refractivity contribution in [1.82, 2.24) is 15.5 Å². The van der Waals surface area contributed by atoms with E-state index in [-0.39, 0.29) is 5.91 Å². The molecule has 4 nitrogen and oxygen atoms in total. The summed E-state index contributed by atoms with van der Waals surface area (Å²) < 4.78 is 0. The maximum Gasteiger partial charge on any atom is 0.234 e. The van der Waals surface area contributed by atoms with Crippen molar-refractivity contribution in [2.45, 2.75) is 65.3 Å². The van der Waals surface area contributed by atoms with Crippen LogP contribution < -0.4 is 10.6 Å². The van der Waals surface area contributed by atoms with Gasteiger partial charge in [0.25, 0.3) is 0 Å². The van der Waals surface area contributed by atoms with E-state index in [0.717, 1.165) is 32.6 Å². The fourth-order valence-corrected chi connectivity index (χ4v) is 3.05. The van der Waals surface area contributed by atoms with Gasteiger partial charge in [0.2, 0.25) is 5.91 Å². The molecule has 1 aliphatic rings. The van der Waals surface area contributed by atoms with Gasteiger partial charge in [0.15, 0.2) is 0 Å². The van der Waals surface area contributed by atoms with Gasteiger partial charge in [0.1, 0.15) is 0 Å². The minimum absolute atomic E-state index is 0.185. The summed E-state index contributed by atoms with van der Waals surface area (Å²) in [5.41, 5.74) is 0. The molecule has 0 saturated carbocycles. The Morgan fingerprint density at radius 3 is 2.81 bits per heavy atom. The number of piperidine rings is 1. The Labute approximate surface area is 131 Å². The number of rotatable bonds is 10. The molecular weight excluding hydrogens is 262 g/mol. The smallest absolute Gasteiger partial charge is 0.234 e. The fourth-order valence-electron chi connectivity index (χ4n) is 3.05. The summed E-state index contributed by atoms with van der Waals surface area (Å²) in [7, 11) is 0. The van der Waals surface area contributed by atoms with Crippen molar-refractivity contribution in [3.05, 3.63) is 0 Å². The first kappa shape index (κ1) is 18.4. The van der Waals surface area contributed by atoms with Crippen molar-refractivity contribution in [2.24, 2.45) is 5.92 Å². The van der Waals surface area contributed by atoms with Crippen LogP contribution in [0.15, 0.2) is 0 Å². The molecule has 124 valence electrons. The van der Waals surface area contributed by atoms with Crippen LogP contribution in [0.1, 0.15) is 59.3 Å². The summed E-state index contributed by atoms with van der Waals surface area (Å²) in [5.74, 6) is 0.887. The van der Waals surface area contributed by atoms with E-state index in [4.69, 9.17) is 0 Å². The summed E-state index contributed by atoms with van der Waals surface area (Å²) in [5, 5.41) is 6.60. The molecule has 2 N–H and O–H groups in total. The van der Waals surface area contributed by atoms with Crippen LogP contribution in [0, 0.1) is 5.92 Å². The third-order valence-electron chi connectivity index (χ3n) is 4.38. The zero-order chi connectivity index (χ0) is 15.5. The Hall–Kier alpha value is -0.610. The Morgan fingerprint density at radius 1 is 1.38 bits per heavy atom. The average Bonchev–Trinajstić information content (AvgIpc) is 2.47. The van der Waals surface area contributed by atoms with Gasteiger partial charge in [-0.25, -0.2) is 0 Å². The fraction of sp³-hybridized carbons (Fsp3) is 0.941. The molecule has 0 radical (unpaired) electrons. The number of nitrogens with zero attached hydrogens (tertiary/aromatic N) is 1. The Kier molecular flexibility index (Phi) is 9.68. The first-order chi connectivity index (χ1) is 10.2. The zero-order valence-electron chi connectivity index (χ0n) is 14.3. The van der Waals surface area contributed by atoms with Crippen LogP contribution >= 0.6 is 0 Å². The molecule has 1 amide bonds. The number of nitrogens with one attached hydrogen (secondary N) is 2. The van der Waals surface area contributed by atoms with Gasteiger partial charge in [0, 0.05) is 12.6 Å². The Morgan fingerprint density at radius 2 is 2.19 bits per heavy atom. The first-order valence-electron chi connectivity index (χ1n) is 8.88. The number of amides is 1. The van der Waals surface area contributed by atoms with Gasteiger partial charge in [-0.3, -0.25) is 9.69 Å². The van der Waals surface area contributed by atoms with E-state index in [1.807, 2.05) is 0 Å². The lowest BCUT2D eigenvalue weighted by Crippen LogP contribution is -2.44. The van der Waals surface area contributed by atoms with Gasteiger partial charge in [-0.05, 0) is 51.7 Å².